The highest BCUT2D eigenvalue weighted by atomic mass is 35.5. The van der Waals surface area contributed by atoms with E-state index in [0.29, 0.717) is 0 Å². The van der Waals surface area contributed by atoms with Crippen molar-refractivity contribution in [3.05, 3.63) is 21.3 Å². The van der Waals surface area contributed by atoms with Gasteiger partial charge >= 0.3 is 0 Å². The average Bonchev–Trinajstić information content (AvgIpc) is 2.50. The molecule has 1 aromatic heterocycles. The molecule has 1 unspecified atom stereocenters. The fourth-order valence-electron chi connectivity index (χ4n) is 1.84. The van der Waals surface area contributed by atoms with Gasteiger partial charge in [-0.15, -0.1) is 11.3 Å². The Hall–Kier alpha value is -0.0900. The number of rotatable bonds is 4. The summed E-state index contributed by atoms with van der Waals surface area (Å²) in [5.74, 6) is 6.41. The summed E-state index contributed by atoms with van der Waals surface area (Å²) in [5, 5.41) is 0. The van der Waals surface area contributed by atoms with E-state index in [2.05, 4.69) is 11.5 Å². The van der Waals surface area contributed by atoms with E-state index in [1.54, 1.807) is 11.3 Å². The minimum atomic E-state index is 0.290. The summed E-state index contributed by atoms with van der Waals surface area (Å²) < 4.78 is 0.842. The van der Waals surface area contributed by atoms with Crippen LogP contribution in [0.3, 0.4) is 0 Å². The highest BCUT2D eigenvalue weighted by molar-refractivity contribution is 7.16. The Kier molecular flexibility index (Phi) is 3.44. The zero-order valence-electron chi connectivity index (χ0n) is 8.00. The first-order valence-corrected chi connectivity index (χ1v) is 6.20. The molecule has 0 radical (unpaired) electrons. The lowest BCUT2D eigenvalue weighted by atomic mass is 9.81. The molecule has 0 aliphatic heterocycles. The molecular weight excluding hydrogens is 216 g/mol. The van der Waals surface area contributed by atoms with Crippen LogP contribution in [0.5, 0.6) is 0 Å². The molecule has 0 bridgehead atoms. The van der Waals surface area contributed by atoms with Crippen molar-refractivity contribution in [2.75, 3.05) is 0 Å². The van der Waals surface area contributed by atoms with Crippen molar-refractivity contribution in [1.82, 2.24) is 5.43 Å². The molecule has 1 heterocycles. The van der Waals surface area contributed by atoms with Crippen molar-refractivity contribution < 1.29 is 0 Å². The Labute approximate surface area is 93.4 Å². The molecule has 3 N–H and O–H groups in total. The number of nitrogens with two attached hydrogens (primary N) is 1. The van der Waals surface area contributed by atoms with Crippen molar-refractivity contribution in [2.45, 2.75) is 31.7 Å². The summed E-state index contributed by atoms with van der Waals surface area (Å²) in [6, 6.07) is 4.29. The number of nitrogens with one attached hydrogen (secondary N) is 1. The molecule has 0 saturated heterocycles. The van der Waals surface area contributed by atoms with E-state index < -0.39 is 0 Å². The predicted octanol–water partition coefficient (Wildman–Crippen LogP) is 3.10. The minimum Gasteiger partial charge on any atom is -0.271 e. The maximum atomic E-state index is 5.90. The van der Waals surface area contributed by atoms with Crippen LogP contribution >= 0.6 is 22.9 Å². The van der Waals surface area contributed by atoms with E-state index in [4.69, 9.17) is 17.4 Å². The lowest BCUT2D eigenvalue weighted by Gasteiger charge is -2.28. The SMILES string of the molecule is NNC(CC1CCC1)c1ccc(Cl)s1. The molecule has 1 fully saturated rings. The Morgan fingerprint density at radius 1 is 1.57 bits per heavy atom. The standard InChI is InChI=1S/C10H15ClN2S/c11-10-5-4-9(14-10)8(13-12)6-7-2-1-3-7/h4-5,7-8,13H,1-3,6,12H2. The van der Waals surface area contributed by atoms with Gasteiger partial charge < -0.3 is 0 Å². The number of hydrogen-bond acceptors (Lipinski definition) is 3. The number of hydrogen-bond donors (Lipinski definition) is 2. The molecule has 0 amide bonds. The number of halogens is 1. The fourth-order valence-corrected chi connectivity index (χ4v) is 2.98. The van der Waals surface area contributed by atoms with Crippen LogP contribution < -0.4 is 11.3 Å². The van der Waals surface area contributed by atoms with Crippen LogP contribution in [-0.4, -0.2) is 0 Å². The van der Waals surface area contributed by atoms with Crippen LogP contribution in [0.4, 0.5) is 0 Å². The van der Waals surface area contributed by atoms with E-state index >= 15 is 0 Å². The predicted molar refractivity (Wildman–Crippen MR) is 61.4 cm³/mol. The third-order valence-corrected chi connectivity index (χ3v) is 4.28. The number of thiophene rings is 1. The van der Waals surface area contributed by atoms with Gasteiger partial charge in [0.15, 0.2) is 0 Å². The summed E-state index contributed by atoms with van der Waals surface area (Å²) >= 11 is 7.52. The summed E-state index contributed by atoms with van der Waals surface area (Å²) in [5.41, 5.74) is 2.88. The quantitative estimate of drug-likeness (QED) is 0.616. The molecule has 78 valence electrons. The second-order valence-electron chi connectivity index (χ2n) is 3.89. The molecule has 2 nitrogen and oxygen atoms in total. The fraction of sp³-hybridized carbons (Fsp3) is 0.600. The largest absolute Gasteiger partial charge is 0.271 e. The third kappa shape index (κ3) is 2.28. The molecule has 1 saturated carbocycles. The van der Waals surface area contributed by atoms with E-state index in [-0.39, 0.29) is 6.04 Å². The van der Waals surface area contributed by atoms with Crippen LogP contribution in [0.25, 0.3) is 0 Å². The molecule has 1 aliphatic carbocycles. The molecule has 0 aromatic carbocycles. The first-order valence-electron chi connectivity index (χ1n) is 5.01. The summed E-state index contributed by atoms with van der Waals surface area (Å²) in [6.45, 7) is 0. The van der Waals surface area contributed by atoms with Crippen LogP contribution in [0.2, 0.25) is 4.34 Å². The molecule has 1 aliphatic rings. The monoisotopic (exact) mass is 230 g/mol. The second kappa shape index (κ2) is 4.62. The normalized spacial score (nSPS) is 19.3. The topological polar surface area (TPSA) is 38.0 Å². The van der Waals surface area contributed by atoms with Crippen LogP contribution in [0, 0.1) is 5.92 Å². The van der Waals surface area contributed by atoms with Gasteiger partial charge in [0.25, 0.3) is 0 Å². The zero-order valence-corrected chi connectivity index (χ0v) is 9.57. The zero-order chi connectivity index (χ0) is 9.97. The number of hydrazine groups is 1. The average molecular weight is 231 g/mol. The van der Waals surface area contributed by atoms with E-state index in [1.165, 1.54) is 24.1 Å². The first-order chi connectivity index (χ1) is 6.79. The molecule has 1 aromatic rings. The van der Waals surface area contributed by atoms with Gasteiger partial charge in [-0.25, -0.2) is 0 Å². The first kappa shape index (κ1) is 10.4. The van der Waals surface area contributed by atoms with Crippen molar-refractivity contribution in [2.24, 2.45) is 11.8 Å². The van der Waals surface area contributed by atoms with Crippen molar-refractivity contribution in [3.63, 3.8) is 0 Å². The van der Waals surface area contributed by atoms with Crippen molar-refractivity contribution >= 4 is 22.9 Å². The summed E-state index contributed by atoms with van der Waals surface area (Å²) in [7, 11) is 0. The van der Waals surface area contributed by atoms with Gasteiger partial charge in [0, 0.05) is 4.88 Å². The molecular formula is C10H15ClN2S. The highest BCUT2D eigenvalue weighted by Crippen LogP contribution is 2.36. The van der Waals surface area contributed by atoms with Gasteiger partial charge in [-0.05, 0) is 24.5 Å². The van der Waals surface area contributed by atoms with Crippen LogP contribution in [-0.2, 0) is 0 Å². The highest BCUT2D eigenvalue weighted by Gasteiger charge is 2.23. The van der Waals surface area contributed by atoms with Gasteiger partial charge in [0.05, 0.1) is 10.4 Å². The summed E-state index contributed by atoms with van der Waals surface area (Å²) in [4.78, 5) is 1.25. The molecule has 4 heteroatoms. The van der Waals surface area contributed by atoms with Gasteiger partial charge in [-0.3, -0.25) is 11.3 Å². The molecule has 0 spiro atoms. The van der Waals surface area contributed by atoms with Crippen molar-refractivity contribution in [1.29, 1.82) is 0 Å². The smallest absolute Gasteiger partial charge is 0.0931 e. The minimum absolute atomic E-state index is 0.290. The Morgan fingerprint density at radius 3 is 2.79 bits per heavy atom. The van der Waals surface area contributed by atoms with E-state index in [0.717, 1.165) is 16.7 Å². The Bertz CT molecular complexity index is 296. The maximum Gasteiger partial charge on any atom is 0.0931 e. The van der Waals surface area contributed by atoms with Crippen LogP contribution in [0.1, 0.15) is 36.6 Å². The Balaban J connectivity index is 1.97. The van der Waals surface area contributed by atoms with Gasteiger partial charge in [-0.1, -0.05) is 30.9 Å². The lowest BCUT2D eigenvalue weighted by molar-refractivity contribution is 0.263. The van der Waals surface area contributed by atoms with Gasteiger partial charge in [0.1, 0.15) is 0 Å². The van der Waals surface area contributed by atoms with E-state index in [9.17, 15) is 0 Å². The van der Waals surface area contributed by atoms with Crippen molar-refractivity contribution in [3.8, 4) is 0 Å². The Morgan fingerprint density at radius 2 is 2.36 bits per heavy atom. The van der Waals surface area contributed by atoms with Crippen LogP contribution in [0.15, 0.2) is 12.1 Å². The summed E-state index contributed by atoms with van der Waals surface area (Å²) in [6.07, 6.45) is 5.25. The van der Waals surface area contributed by atoms with Gasteiger partial charge in [-0.2, -0.15) is 0 Å². The lowest BCUT2D eigenvalue weighted by Crippen LogP contribution is -2.30. The van der Waals surface area contributed by atoms with E-state index in [1.807, 2.05) is 6.07 Å². The molecule has 14 heavy (non-hydrogen) atoms. The molecule has 1 atom stereocenters. The van der Waals surface area contributed by atoms with Gasteiger partial charge in [0.2, 0.25) is 0 Å². The maximum absolute atomic E-state index is 5.90. The third-order valence-electron chi connectivity index (χ3n) is 2.93. The second-order valence-corrected chi connectivity index (χ2v) is 5.64. The molecule has 2 rings (SSSR count).